The minimum atomic E-state index is -1.20. The summed E-state index contributed by atoms with van der Waals surface area (Å²) in [5.74, 6) is 1.27. The Bertz CT molecular complexity index is 1070. The topological polar surface area (TPSA) is 81.4 Å². The number of hydrogen-bond acceptors (Lipinski definition) is 5. The van der Waals surface area contributed by atoms with Gasteiger partial charge in [0.2, 0.25) is 5.89 Å². The molecule has 2 heterocycles. The van der Waals surface area contributed by atoms with E-state index >= 15 is 0 Å². The molecule has 4 rings (SSSR count). The highest BCUT2D eigenvalue weighted by molar-refractivity contribution is 7.84. The van der Waals surface area contributed by atoms with Gasteiger partial charge in [-0.2, -0.15) is 0 Å². The number of aryl methyl sites for hydroxylation is 2. The number of rotatable bonds is 7. The van der Waals surface area contributed by atoms with Crippen LogP contribution in [0.2, 0.25) is 0 Å². The van der Waals surface area contributed by atoms with Gasteiger partial charge in [0.25, 0.3) is 5.91 Å². The summed E-state index contributed by atoms with van der Waals surface area (Å²) in [6, 6.07) is 14.8. The largest absolute Gasteiger partial charge is 0.441 e. The normalized spacial score (nSPS) is 16.9. The molecule has 1 N–H and O–H groups in total. The standard InChI is InChI=1S/C24H26N2O4S/c1-16-5-11-21(12-6-16)31(28)15-22-17(2)30-24(26-22)19-9-7-18(8-10-19)23(27)25-14-20-4-3-13-29-20/h5-12,20H,3-4,13-15H2,1-2H3,(H,25,27)/t20-,31+/m1/s1. The summed E-state index contributed by atoms with van der Waals surface area (Å²) in [4.78, 5) is 17.7. The van der Waals surface area contributed by atoms with Gasteiger partial charge in [0.1, 0.15) is 5.76 Å². The maximum absolute atomic E-state index is 12.7. The van der Waals surface area contributed by atoms with Gasteiger partial charge in [0.05, 0.1) is 28.4 Å². The van der Waals surface area contributed by atoms with Crippen LogP contribution in [0.15, 0.2) is 57.8 Å². The van der Waals surface area contributed by atoms with E-state index in [1.807, 2.05) is 50.2 Å². The second-order valence-electron chi connectivity index (χ2n) is 7.75. The Labute approximate surface area is 184 Å². The first kappa shape index (κ1) is 21.5. The first-order valence-electron chi connectivity index (χ1n) is 10.4. The van der Waals surface area contributed by atoms with E-state index in [1.165, 1.54) is 0 Å². The molecule has 0 aliphatic carbocycles. The van der Waals surface area contributed by atoms with Crippen molar-refractivity contribution < 1.29 is 18.2 Å². The zero-order valence-electron chi connectivity index (χ0n) is 17.7. The van der Waals surface area contributed by atoms with Crippen molar-refractivity contribution in [3.05, 3.63) is 71.1 Å². The van der Waals surface area contributed by atoms with Crippen LogP contribution in [-0.4, -0.2) is 34.4 Å². The molecule has 0 spiro atoms. The summed E-state index contributed by atoms with van der Waals surface area (Å²) in [5.41, 5.74) is 3.15. The minimum absolute atomic E-state index is 0.113. The number of hydrogen-bond donors (Lipinski definition) is 1. The van der Waals surface area contributed by atoms with Crippen LogP contribution in [0.25, 0.3) is 11.5 Å². The fourth-order valence-corrected chi connectivity index (χ4v) is 4.58. The Morgan fingerprint density at radius 1 is 1.13 bits per heavy atom. The van der Waals surface area contributed by atoms with Crippen LogP contribution in [0.5, 0.6) is 0 Å². The summed E-state index contributed by atoms with van der Waals surface area (Å²) < 4.78 is 24.0. The lowest BCUT2D eigenvalue weighted by molar-refractivity contribution is 0.0858. The summed E-state index contributed by atoms with van der Waals surface area (Å²) in [5, 5.41) is 2.92. The summed E-state index contributed by atoms with van der Waals surface area (Å²) in [7, 11) is -1.20. The highest BCUT2D eigenvalue weighted by Crippen LogP contribution is 2.24. The molecule has 0 bridgehead atoms. The first-order valence-corrected chi connectivity index (χ1v) is 11.7. The van der Waals surface area contributed by atoms with Crippen LogP contribution < -0.4 is 5.32 Å². The van der Waals surface area contributed by atoms with Crippen LogP contribution in [0.1, 0.15) is 40.2 Å². The van der Waals surface area contributed by atoms with Crippen LogP contribution in [0, 0.1) is 13.8 Å². The predicted molar refractivity (Wildman–Crippen MR) is 119 cm³/mol. The number of carbonyl (C=O) groups is 1. The van der Waals surface area contributed by atoms with E-state index < -0.39 is 10.8 Å². The lowest BCUT2D eigenvalue weighted by Crippen LogP contribution is -2.31. The monoisotopic (exact) mass is 438 g/mol. The van der Waals surface area contributed by atoms with E-state index in [-0.39, 0.29) is 12.0 Å². The van der Waals surface area contributed by atoms with E-state index in [0.717, 1.165) is 35.5 Å². The predicted octanol–water partition coefficient (Wildman–Crippen LogP) is 4.18. The van der Waals surface area contributed by atoms with Gasteiger partial charge in [0.15, 0.2) is 0 Å². The number of nitrogens with zero attached hydrogens (tertiary/aromatic N) is 1. The molecule has 2 atom stereocenters. The molecule has 7 heteroatoms. The van der Waals surface area contributed by atoms with E-state index in [9.17, 15) is 9.00 Å². The summed E-state index contributed by atoms with van der Waals surface area (Å²) >= 11 is 0. The van der Waals surface area contributed by atoms with Gasteiger partial charge in [-0.1, -0.05) is 17.7 Å². The molecule has 0 unspecified atom stereocenters. The van der Waals surface area contributed by atoms with E-state index in [1.54, 1.807) is 12.1 Å². The maximum Gasteiger partial charge on any atom is 0.251 e. The van der Waals surface area contributed by atoms with Gasteiger partial charge in [0, 0.05) is 29.2 Å². The number of amides is 1. The number of carbonyl (C=O) groups excluding carboxylic acids is 1. The quantitative estimate of drug-likeness (QED) is 0.599. The third kappa shape index (κ3) is 5.29. The Morgan fingerprint density at radius 3 is 2.55 bits per heavy atom. The molecule has 1 saturated heterocycles. The fraction of sp³-hybridized carbons (Fsp3) is 0.333. The lowest BCUT2D eigenvalue weighted by Gasteiger charge is -2.10. The molecule has 1 amide bonds. The van der Waals surface area contributed by atoms with Crippen molar-refractivity contribution in [2.75, 3.05) is 13.2 Å². The van der Waals surface area contributed by atoms with Crippen molar-refractivity contribution in [2.45, 2.75) is 43.4 Å². The van der Waals surface area contributed by atoms with Crippen molar-refractivity contribution in [1.29, 1.82) is 0 Å². The number of benzene rings is 2. The molecular weight excluding hydrogens is 412 g/mol. The van der Waals surface area contributed by atoms with E-state index in [4.69, 9.17) is 9.15 Å². The van der Waals surface area contributed by atoms with Gasteiger partial charge >= 0.3 is 0 Å². The van der Waals surface area contributed by atoms with Crippen molar-refractivity contribution in [3.63, 3.8) is 0 Å². The number of nitrogens with one attached hydrogen (secondary N) is 1. The molecule has 162 valence electrons. The fourth-order valence-electron chi connectivity index (χ4n) is 3.46. The Hall–Kier alpha value is -2.77. The van der Waals surface area contributed by atoms with Crippen molar-refractivity contribution >= 4 is 16.7 Å². The molecular formula is C24H26N2O4S. The lowest BCUT2D eigenvalue weighted by atomic mass is 10.1. The van der Waals surface area contributed by atoms with Gasteiger partial charge in [-0.25, -0.2) is 4.98 Å². The molecule has 2 aromatic carbocycles. The minimum Gasteiger partial charge on any atom is -0.441 e. The van der Waals surface area contributed by atoms with Crippen molar-refractivity contribution in [1.82, 2.24) is 10.3 Å². The zero-order chi connectivity index (χ0) is 21.8. The summed E-state index contributed by atoms with van der Waals surface area (Å²) in [6.07, 6.45) is 2.15. The van der Waals surface area contributed by atoms with E-state index in [0.29, 0.717) is 35.2 Å². The van der Waals surface area contributed by atoms with E-state index in [2.05, 4.69) is 10.3 Å². The molecule has 3 aromatic rings. The molecule has 31 heavy (non-hydrogen) atoms. The van der Waals surface area contributed by atoms with Gasteiger partial charge in [-0.3, -0.25) is 9.00 Å². The molecule has 0 saturated carbocycles. The Morgan fingerprint density at radius 2 is 1.87 bits per heavy atom. The number of oxazole rings is 1. The average molecular weight is 439 g/mol. The molecule has 0 radical (unpaired) electrons. The van der Waals surface area contributed by atoms with Crippen LogP contribution >= 0.6 is 0 Å². The Kier molecular flexibility index (Phi) is 6.63. The highest BCUT2D eigenvalue weighted by Gasteiger charge is 2.18. The number of ether oxygens (including phenoxy) is 1. The van der Waals surface area contributed by atoms with Gasteiger partial charge < -0.3 is 14.5 Å². The first-order chi connectivity index (χ1) is 15.0. The molecule has 1 aliphatic heterocycles. The maximum atomic E-state index is 12.7. The van der Waals surface area contributed by atoms with Crippen LogP contribution in [-0.2, 0) is 21.3 Å². The zero-order valence-corrected chi connectivity index (χ0v) is 18.5. The molecule has 6 nitrogen and oxygen atoms in total. The second-order valence-corrected chi connectivity index (χ2v) is 9.20. The third-order valence-electron chi connectivity index (χ3n) is 5.35. The molecule has 1 aliphatic rings. The number of aromatic nitrogens is 1. The highest BCUT2D eigenvalue weighted by atomic mass is 32.2. The van der Waals surface area contributed by atoms with Crippen molar-refractivity contribution in [2.24, 2.45) is 0 Å². The average Bonchev–Trinajstić information content (AvgIpc) is 3.42. The SMILES string of the molecule is Cc1ccc([S@@](=O)Cc2nc(-c3ccc(C(=O)NC[C@H]4CCCO4)cc3)oc2C)cc1. The second kappa shape index (κ2) is 9.58. The Balaban J connectivity index is 1.41. The van der Waals surface area contributed by atoms with Gasteiger partial charge in [-0.15, -0.1) is 0 Å². The summed E-state index contributed by atoms with van der Waals surface area (Å²) in [6.45, 7) is 5.12. The smallest absolute Gasteiger partial charge is 0.251 e. The van der Waals surface area contributed by atoms with Crippen molar-refractivity contribution in [3.8, 4) is 11.5 Å². The molecule has 1 fully saturated rings. The molecule has 1 aromatic heterocycles. The third-order valence-corrected chi connectivity index (χ3v) is 6.69. The van der Waals surface area contributed by atoms with Gasteiger partial charge in [-0.05, 0) is 63.1 Å². The van der Waals surface area contributed by atoms with Crippen LogP contribution in [0.3, 0.4) is 0 Å². The van der Waals surface area contributed by atoms with Crippen LogP contribution in [0.4, 0.5) is 0 Å².